The molecule has 2 rings (SSSR count). The molecule has 0 nitrogen and oxygen atoms in total. The lowest BCUT2D eigenvalue weighted by molar-refractivity contribution is 0.886. The van der Waals surface area contributed by atoms with Crippen LogP contribution in [0.25, 0.3) is 11.1 Å². The fraction of sp³-hybridized carbons (Fsp3) is 0.455. The highest BCUT2D eigenvalue weighted by Crippen LogP contribution is 2.17. The maximum absolute atomic E-state index is 2.18. The van der Waals surface area contributed by atoms with Crippen LogP contribution in [0.15, 0.2) is 60.7 Å². The number of hydrogen-bond acceptors (Lipinski definition) is 0. The van der Waals surface area contributed by atoms with Crippen LogP contribution in [0.3, 0.4) is 0 Å². The Morgan fingerprint density at radius 3 is 0.864 bits per heavy atom. The molecule has 0 radical (unpaired) electrons. The minimum atomic E-state index is 1.28. The van der Waals surface area contributed by atoms with E-state index in [1.54, 1.807) is 0 Å². The smallest absolute Gasteiger partial charge is 0.0184 e. The molecular formula is C22H38. The van der Waals surface area contributed by atoms with E-state index in [-0.39, 0.29) is 0 Å². The van der Waals surface area contributed by atoms with Gasteiger partial charge in [0.2, 0.25) is 0 Å². The maximum Gasteiger partial charge on any atom is -0.0184 e. The van der Waals surface area contributed by atoms with Gasteiger partial charge in [-0.3, -0.25) is 0 Å². The lowest BCUT2D eigenvalue weighted by Crippen LogP contribution is -1.73. The van der Waals surface area contributed by atoms with Crippen molar-refractivity contribution in [2.24, 2.45) is 0 Å². The molecule has 0 amide bonds. The topological polar surface area (TPSA) is 0 Å². The van der Waals surface area contributed by atoms with E-state index in [1.165, 1.54) is 24.0 Å². The molecule has 0 aliphatic carbocycles. The van der Waals surface area contributed by atoms with Crippen LogP contribution in [0, 0.1) is 0 Å². The first-order valence-electron chi connectivity index (χ1n) is 8.99. The summed E-state index contributed by atoms with van der Waals surface area (Å²) in [5.41, 5.74) is 2.55. The molecule has 0 atom stereocenters. The first kappa shape index (κ1) is 25.4. The van der Waals surface area contributed by atoms with Crippen LogP contribution in [0.1, 0.15) is 68.2 Å². The van der Waals surface area contributed by atoms with E-state index in [1.807, 2.05) is 53.7 Å². The fourth-order valence-electron chi connectivity index (χ4n) is 1.26. The van der Waals surface area contributed by atoms with Gasteiger partial charge in [0, 0.05) is 0 Å². The molecule has 2 aromatic carbocycles. The zero-order valence-corrected chi connectivity index (χ0v) is 16.2. The predicted molar refractivity (Wildman–Crippen MR) is 107 cm³/mol. The molecule has 22 heavy (non-hydrogen) atoms. The van der Waals surface area contributed by atoms with Gasteiger partial charge in [0.1, 0.15) is 0 Å². The van der Waals surface area contributed by atoms with Gasteiger partial charge in [-0.1, -0.05) is 129 Å². The van der Waals surface area contributed by atoms with Crippen LogP contribution in [0.2, 0.25) is 0 Å². The summed E-state index contributed by atoms with van der Waals surface area (Å²) in [5, 5.41) is 0. The van der Waals surface area contributed by atoms with E-state index >= 15 is 0 Å². The second-order valence-corrected chi connectivity index (χ2v) is 3.73. The summed E-state index contributed by atoms with van der Waals surface area (Å²) in [5.74, 6) is 0. The molecule has 0 heterocycles. The molecule has 0 aromatic heterocycles. The molecule has 0 aliphatic heterocycles. The third-order valence-corrected chi connectivity index (χ3v) is 2.38. The molecular weight excluding hydrogens is 264 g/mol. The summed E-state index contributed by atoms with van der Waals surface area (Å²) in [7, 11) is 0. The van der Waals surface area contributed by atoms with Crippen LogP contribution >= 0.6 is 0 Å². The van der Waals surface area contributed by atoms with Gasteiger partial charge in [0.25, 0.3) is 0 Å². The predicted octanol–water partition coefficient (Wildman–Crippen LogP) is 8.24. The van der Waals surface area contributed by atoms with Crippen molar-refractivity contribution in [1.82, 2.24) is 0 Å². The van der Waals surface area contributed by atoms with Crippen molar-refractivity contribution in [2.45, 2.75) is 68.2 Å². The second kappa shape index (κ2) is 24.5. The zero-order chi connectivity index (χ0) is 17.6. The van der Waals surface area contributed by atoms with Crippen LogP contribution in [0.5, 0.6) is 0 Å². The highest BCUT2D eigenvalue weighted by molar-refractivity contribution is 5.62. The highest BCUT2D eigenvalue weighted by Gasteiger charge is 1.91. The Bertz CT molecular complexity index is 322. The lowest BCUT2D eigenvalue weighted by atomic mass is 10.1. The molecule has 0 N–H and O–H groups in total. The molecule has 0 bridgehead atoms. The van der Waals surface area contributed by atoms with E-state index < -0.39 is 0 Å². The van der Waals surface area contributed by atoms with Crippen LogP contribution in [-0.2, 0) is 0 Å². The Morgan fingerprint density at radius 1 is 0.455 bits per heavy atom. The van der Waals surface area contributed by atoms with E-state index in [0.29, 0.717) is 0 Å². The van der Waals surface area contributed by atoms with Crippen LogP contribution in [-0.4, -0.2) is 0 Å². The zero-order valence-electron chi connectivity index (χ0n) is 16.2. The van der Waals surface area contributed by atoms with Gasteiger partial charge in [-0.25, -0.2) is 0 Å². The molecule has 0 saturated heterocycles. The maximum atomic E-state index is 2.18. The monoisotopic (exact) mass is 302 g/mol. The van der Waals surface area contributed by atoms with Gasteiger partial charge in [0.05, 0.1) is 0 Å². The van der Waals surface area contributed by atoms with Crippen molar-refractivity contribution >= 4 is 0 Å². The van der Waals surface area contributed by atoms with Gasteiger partial charge in [-0.05, 0) is 11.1 Å². The Hall–Kier alpha value is -1.56. The minimum absolute atomic E-state index is 1.28. The molecule has 0 saturated carbocycles. The van der Waals surface area contributed by atoms with E-state index in [9.17, 15) is 0 Å². The summed E-state index contributed by atoms with van der Waals surface area (Å²) in [4.78, 5) is 0. The Balaban J connectivity index is -0.000000307. The Morgan fingerprint density at radius 2 is 0.682 bits per heavy atom. The summed E-state index contributed by atoms with van der Waals surface area (Å²) in [6.45, 7) is 16.4. The minimum Gasteiger partial charge on any atom is -0.0683 e. The quantitative estimate of drug-likeness (QED) is 0.524. The lowest BCUT2D eigenvalue weighted by Gasteiger charge is -1.98. The summed E-state index contributed by atoms with van der Waals surface area (Å²) in [6, 6.07) is 20.8. The van der Waals surface area contributed by atoms with Crippen molar-refractivity contribution in [2.75, 3.05) is 0 Å². The first-order chi connectivity index (χ1) is 10.9. The molecule has 0 aliphatic rings. The summed E-state index contributed by atoms with van der Waals surface area (Å²) < 4.78 is 0. The summed E-state index contributed by atoms with van der Waals surface area (Å²) >= 11 is 0. The van der Waals surface area contributed by atoms with Crippen molar-refractivity contribution in [3.8, 4) is 11.1 Å². The van der Waals surface area contributed by atoms with Crippen molar-refractivity contribution < 1.29 is 0 Å². The molecule has 0 heteroatoms. The molecule has 2 aromatic rings. The molecule has 0 fully saturated rings. The highest BCUT2D eigenvalue weighted by atomic mass is 14.0. The molecule has 0 unspecified atom stereocenters. The van der Waals surface area contributed by atoms with E-state index in [2.05, 4.69) is 62.4 Å². The largest absolute Gasteiger partial charge is 0.0683 e. The molecule has 126 valence electrons. The third-order valence-electron chi connectivity index (χ3n) is 2.38. The van der Waals surface area contributed by atoms with Gasteiger partial charge in [-0.2, -0.15) is 0 Å². The third kappa shape index (κ3) is 14.8. The fourth-order valence-corrected chi connectivity index (χ4v) is 1.26. The van der Waals surface area contributed by atoms with Crippen molar-refractivity contribution in [3.05, 3.63) is 60.7 Å². The van der Waals surface area contributed by atoms with E-state index in [0.717, 1.165) is 0 Å². The van der Waals surface area contributed by atoms with Gasteiger partial charge >= 0.3 is 0 Å². The average molecular weight is 303 g/mol. The summed E-state index contributed by atoms with van der Waals surface area (Å²) in [6.07, 6.45) is 2.64. The SMILES string of the molecule is CC.CC.CC.CCCC.c1ccc(-c2ccccc2)cc1. The standard InChI is InChI=1S/C12H10.C4H10.3C2H6/c1-3-7-11(8-4-1)12-9-5-2-6-10-12;1-3-4-2;3*1-2/h1-10H;3-4H2,1-2H3;3*1-2H3. The van der Waals surface area contributed by atoms with Gasteiger partial charge in [-0.15, -0.1) is 0 Å². The Labute approximate surface area is 140 Å². The number of benzene rings is 2. The normalized spacial score (nSPS) is 7.45. The first-order valence-corrected chi connectivity index (χ1v) is 8.99. The van der Waals surface area contributed by atoms with Crippen LogP contribution < -0.4 is 0 Å². The van der Waals surface area contributed by atoms with Crippen molar-refractivity contribution in [3.63, 3.8) is 0 Å². The second-order valence-electron chi connectivity index (χ2n) is 3.73. The average Bonchev–Trinajstić information content (AvgIpc) is 2.68. The number of hydrogen-bond donors (Lipinski definition) is 0. The van der Waals surface area contributed by atoms with Gasteiger partial charge < -0.3 is 0 Å². The Kier molecular flexibility index (Phi) is 28.2. The van der Waals surface area contributed by atoms with Crippen molar-refractivity contribution in [1.29, 1.82) is 0 Å². The number of unbranched alkanes of at least 4 members (excludes halogenated alkanes) is 1. The van der Waals surface area contributed by atoms with E-state index in [4.69, 9.17) is 0 Å². The molecule has 0 spiro atoms. The van der Waals surface area contributed by atoms with Crippen LogP contribution in [0.4, 0.5) is 0 Å². The van der Waals surface area contributed by atoms with Gasteiger partial charge in [0.15, 0.2) is 0 Å². The number of rotatable bonds is 2.